The largest absolute Gasteiger partial charge is 0.438 e. The standard InChI is InChI=1S/C19H11BrN4O2/c1-12-3-2-8-24-17(12)23-18(26-15-6-4-14(20)5-7-15)16(19(24)25)9-13(10-21)11-22/h2-9H,1H3. The molecule has 0 aliphatic heterocycles. The van der Waals surface area contributed by atoms with Crippen LogP contribution in [-0.4, -0.2) is 9.38 Å². The predicted octanol–water partition coefficient (Wildman–Crippen LogP) is 3.99. The van der Waals surface area contributed by atoms with Crippen LogP contribution in [0.4, 0.5) is 0 Å². The Morgan fingerprint density at radius 2 is 1.92 bits per heavy atom. The third-order valence-electron chi connectivity index (χ3n) is 3.61. The van der Waals surface area contributed by atoms with E-state index >= 15 is 0 Å². The Labute approximate surface area is 157 Å². The zero-order valence-corrected chi connectivity index (χ0v) is 15.2. The van der Waals surface area contributed by atoms with E-state index in [4.69, 9.17) is 15.3 Å². The number of aryl methyl sites for hydroxylation is 1. The van der Waals surface area contributed by atoms with E-state index in [9.17, 15) is 4.79 Å². The van der Waals surface area contributed by atoms with E-state index in [0.717, 1.165) is 10.0 Å². The van der Waals surface area contributed by atoms with Gasteiger partial charge in [0.25, 0.3) is 5.56 Å². The highest BCUT2D eigenvalue weighted by molar-refractivity contribution is 9.10. The van der Waals surface area contributed by atoms with Crippen LogP contribution in [0.1, 0.15) is 11.1 Å². The van der Waals surface area contributed by atoms with Crippen molar-refractivity contribution in [3.63, 3.8) is 0 Å². The highest BCUT2D eigenvalue weighted by Gasteiger charge is 2.15. The summed E-state index contributed by atoms with van der Waals surface area (Å²) in [5.74, 6) is 0.512. The van der Waals surface area contributed by atoms with E-state index in [2.05, 4.69) is 20.9 Å². The zero-order valence-electron chi connectivity index (χ0n) is 13.6. The summed E-state index contributed by atoms with van der Waals surface area (Å²) in [6.07, 6.45) is 2.77. The number of fused-ring (bicyclic) bond motifs is 1. The third kappa shape index (κ3) is 3.34. The van der Waals surface area contributed by atoms with Gasteiger partial charge >= 0.3 is 0 Å². The van der Waals surface area contributed by atoms with Crippen LogP contribution in [-0.2, 0) is 0 Å². The number of nitriles is 2. The molecular formula is C19H11BrN4O2. The lowest BCUT2D eigenvalue weighted by Crippen LogP contribution is -2.19. The van der Waals surface area contributed by atoms with Gasteiger partial charge in [0.1, 0.15) is 34.7 Å². The first-order valence-corrected chi connectivity index (χ1v) is 8.30. The Morgan fingerprint density at radius 1 is 1.23 bits per heavy atom. The molecule has 126 valence electrons. The summed E-state index contributed by atoms with van der Waals surface area (Å²) in [5, 5.41) is 18.1. The van der Waals surface area contributed by atoms with Crippen LogP contribution in [0, 0.1) is 29.6 Å². The molecule has 6 nitrogen and oxygen atoms in total. The van der Waals surface area contributed by atoms with E-state index in [0.29, 0.717) is 11.4 Å². The van der Waals surface area contributed by atoms with Gasteiger partial charge in [-0.05, 0) is 48.9 Å². The minimum atomic E-state index is -0.422. The summed E-state index contributed by atoms with van der Waals surface area (Å²) >= 11 is 3.34. The second kappa shape index (κ2) is 7.22. The summed E-state index contributed by atoms with van der Waals surface area (Å²) in [6.45, 7) is 1.83. The Morgan fingerprint density at radius 3 is 2.58 bits per heavy atom. The number of aromatic nitrogens is 2. The van der Waals surface area contributed by atoms with E-state index < -0.39 is 5.56 Å². The van der Waals surface area contributed by atoms with Crippen molar-refractivity contribution in [1.29, 1.82) is 10.5 Å². The Bertz CT molecular complexity index is 1150. The fourth-order valence-corrected chi connectivity index (χ4v) is 2.61. The molecule has 7 heteroatoms. The number of nitrogens with zero attached hydrogens (tertiary/aromatic N) is 4. The number of benzene rings is 1. The van der Waals surface area contributed by atoms with Crippen molar-refractivity contribution in [2.24, 2.45) is 0 Å². The molecule has 1 aromatic carbocycles. The Hall–Kier alpha value is -3.42. The van der Waals surface area contributed by atoms with Crippen molar-refractivity contribution < 1.29 is 4.74 Å². The number of pyridine rings is 1. The molecular weight excluding hydrogens is 396 g/mol. The van der Waals surface area contributed by atoms with Gasteiger partial charge in [-0.25, -0.2) is 0 Å². The monoisotopic (exact) mass is 406 g/mol. The molecule has 0 saturated carbocycles. The highest BCUT2D eigenvalue weighted by atomic mass is 79.9. The van der Waals surface area contributed by atoms with E-state index in [1.165, 1.54) is 10.5 Å². The topological polar surface area (TPSA) is 91.2 Å². The molecule has 0 unspecified atom stereocenters. The van der Waals surface area contributed by atoms with Gasteiger partial charge in [0.05, 0.1) is 0 Å². The number of hydrogen-bond donors (Lipinski definition) is 0. The van der Waals surface area contributed by atoms with E-state index in [-0.39, 0.29) is 17.0 Å². The van der Waals surface area contributed by atoms with Crippen molar-refractivity contribution in [3.05, 3.63) is 74.1 Å². The van der Waals surface area contributed by atoms with Gasteiger partial charge in [-0.15, -0.1) is 0 Å². The first-order valence-electron chi connectivity index (χ1n) is 7.51. The molecule has 26 heavy (non-hydrogen) atoms. The van der Waals surface area contributed by atoms with Gasteiger partial charge in [0, 0.05) is 10.7 Å². The van der Waals surface area contributed by atoms with Gasteiger partial charge in [-0.2, -0.15) is 15.5 Å². The first kappa shape index (κ1) is 17.4. The molecule has 0 radical (unpaired) electrons. The van der Waals surface area contributed by atoms with Crippen molar-refractivity contribution in [1.82, 2.24) is 9.38 Å². The maximum Gasteiger partial charge on any atom is 0.269 e. The quantitative estimate of drug-likeness (QED) is 0.613. The third-order valence-corrected chi connectivity index (χ3v) is 4.14. The maximum atomic E-state index is 12.9. The predicted molar refractivity (Wildman–Crippen MR) is 99.6 cm³/mol. The number of hydrogen-bond acceptors (Lipinski definition) is 5. The molecule has 0 fully saturated rings. The molecule has 0 aliphatic carbocycles. The van der Waals surface area contributed by atoms with Crippen LogP contribution in [0.25, 0.3) is 11.7 Å². The molecule has 0 saturated heterocycles. The van der Waals surface area contributed by atoms with Crippen LogP contribution in [0.3, 0.4) is 0 Å². The molecule has 0 N–H and O–H groups in total. The second-order valence-corrected chi connectivity index (χ2v) is 6.27. The molecule has 0 amide bonds. The summed E-state index contributed by atoms with van der Waals surface area (Å²) in [5.41, 5.74) is 0.638. The summed E-state index contributed by atoms with van der Waals surface area (Å²) in [4.78, 5) is 17.3. The van der Waals surface area contributed by atoms with Crippen LogP contribution in [0.2, 0.25) is 0 Å². The molecule has 3 aromatic rings. The number of allylic oxidation sites excluding steroid dienone is 1. The normalized spacial score (nSPS) is 10.0. The van der Waals surface area contributed by atoms with Crippen molar-refractivity contribution in [2.45, 2.75) is 6.92 Å². The minimum absolute atomic E-state index is 0.0362. The molecule has 0 aliphatic rings. The minimum Gasteiger partial charge on any atom is -0.438 e. The lowest BCUT2D eigenvalue weighted by atomic mass is 10.2. The number of rotatable bonds is 3. The van der Waals surface area contributed by atoms with Gasteiger partial charge in [-0.1, -0.05) is 22.0 Å². The van der Waals surface area contributed by atoms with Gasteiger partial charge in [0.15, 0.2) is 0 Å². The summed E-state index contributed by atoms with van der Waals surface area (Å²) in [6, 6.07) is 14.1. The number of ether oxygens (including phenoxy) is 1. The number of halogens is 1. The van der Waals surface area contributed by atoms with Crippen LogP contribution in [0.15, 0.2) is 57.4 Å². The van der Waals surface area contributed by atoms with E-state index in [1.54, 1.807) is 48.7 Å². The van der Waals surface area contributed by atoms with Crippen molar-refractivity contribution in [2.75, 3.05) is 0 Å². The molecule has 0 bridgehead atoms. The SMILES string of the molecule is Cc1cccn2c(=O)c(C=C(C#N)C#N)c(Oc3ccc(Br)cc3)nc12. The average molecular weight is 407 g/mol. The highest BCUT2D eigenvalue weighted by Crippen LogP contribution is 2.25. The lowest BCUT2D eigenvalue weighted by Gasteiger charge is -2.11. The fourth-order valence-electron chi connectivity index (χ4n) is 2.34. The lowest BCUT2D eigenvalue weighted by molar-refractivity contribution is 0.460. The average Bonchev–Trinajstić information content (AvgIpc) is 2.64. The molecule has 2 heterocycles. The molecule has 0 spiro atoms. The van der Waals surface area contributed by atoms with Crippen LogP contribution in [0.5, 0.6) is 11.6 Å². The Kier molecular flexibility index (Phi) is 4.83. The molecule has 2 aromatic heterocycles. The summed E-state index contributed by atoms with van der Waals surface area (Å²) in [7, 11) is 0. The summed E-state index contributed by atoms with van der Waals surface area (Å²) < 4.78 is 8.03. The van der Waals surface area contributed by atoms with Crippen molar-refractivity contribution >= 4 is 27.7 Å². The second-order valence-electron chi connectivity index (χ2n) is 5.36. The molecule has 3 rings (SSSR count). The Balaban J connectivity index is 2.28. The van der Waals surface area contributed by atoms with Crippen molar-refractivity contribution in [3.8, 4) is 23.8 Å². The first-order chi connectivity index (χ1) is 12.5. The fraction of sp³-hybridized carbons (Fsp3) is 0.0526. The van der Waals surface area contributed by atoms with E-state index in [1.807, 2.05) is 13.0 Å². The van der Waals surface area contributed by atoms with Gasteiger partial charge < -0.3 is 4.74 Å². The zero-order chi connectivity index (χ0) is 18.7. The van der Waals surface area contributed by atoms with Gasteiger partial charge in [0.2, 0.25) is 5.88 Å². The van der Waals surface area contributed by atoms with Crippen LogP contribution >= 0.6 is 15.9 Å². The van der Waals surface area contributed by atoms with Crippen LogP contribution < -0.4 is 10.3 Å². The maximum absolute atomic E-state index is 12.9. The molecule has 0 atom stereocenters. The van der Waals surface area contributed by atoms with Gasteiger partial charge in [-0.3, -0.25) is 9.20 Å². The smallest absolute Gasteiger partial charge is 0.269 e.